The molecule has 1 saturated carbocycles. The first-order valence-electron chi connectivity index (χ1n) is 10.9. The first-order chi connectivity index (χ1) is 16.4. The van der Waals surface area contributed by atoms with Crippen molar-refractivity contribution in [2.75, 3.05) is 0 Å². The van der Waals surface area contributed by atoms with Crippen LogP contribution in [0, 0.1) is 34.8 Å². The molecule has 4 atom stereocenters. The van der Waals surface area contributed by atoms with Crippen molar-refractivity contribution in [1.29, 1.82) is 5.26 Å². The van der Waals surface area contributed by atoms with Crippen LogP contribution in [0.1, 0.15) is 48.8 Å². The Bertz CT molecular complexity index is 1470. The van der Waals surface area contributed by atoms with E-state index in [4.69, 9.17) is 14.7 Å². The van der Waals surface area contributed by atoms with Gasteiger partial charge < -0.3 is 4.42 Å². The zero-order valence-electron chi connectivity index (χ0n) is 18.3. The van der Waals surface area contributed by atoms with E-state index >= 15 is 0 Å². The van der Waals surface area contributed by atoms with E-state index in [1.165, 1.54) is 30.7 Å². The van der Waals surface area contributed by atoms with Gasteiger partial charge in [-0.2, -0.15) is 15.3 Å². The average molecular weight is 456 g/mol. The largest absolute Gasteiger partial charge is 0.442 e. The van der Waals surface area contributed by atoms with Crippen LogP contribution in [0.2, 0.25) is 0 Å². The van der Waals surface area contributed by atoms with Crippen LogP contribution in [-0.2, 0) is 5.41 Å². The Balaban J connectivity index is 1.48. The van der Waals surface area contributed by atoms with E-state index in [-0.39, 0.29) is 28.8 Å². The molecule has 2 aliphatic carbocycles. The van der Waals surface area contributed by atoms with Gasteiger partial charge >= 0.3 is 0 Å². The van der Waals surface area contributed by atoms with Crippen LogP contribution in [0.15, 0.2) is 47.3 Å². The topological polar surface area (TPSA) is 101 Å². The molecular weight excluding hydrogens is 438 g/mol. The van der Waals surface area contributed by atoms with Crippen molar-refractivity contribution in [1.82, 2.24) is 25.1 Å². The number of nitrogens with zero attached hydrogens (tertiary/aromatic N) is 6. The molecule has 0 radical (unpaired) electrons. The molecule has 34 heavy (non-hydrogen) atoms. The molecule has 4 aromatic rings. The molecular formula is C25H18F2N6O. The van der Waals surface area contributed by atoms with Crippen molar-refractivity contribution in [3.63, 3.8) is 0 Å². The van der Waals surface area contributed by atoms with E-state index in [1.807, 2.05) is 13.0 Å². The fraction of sp³-hybridized carbons (Fsp3) is 0.280. The minimum Gasteiger partial charge on any atom is -0.442 e. The average Bonchev–Trinajstić information content (AvgIpc) is 3.25. The lowest BCUT2D eigenvalue weighted by molar-refractivity contribution is 0.417. The van der Waals surface area contributed by atoms with Crippen molar-refractivity contribution in [3.8, 4) is 28.9 Å². The zero-order chi connectivity index (χ0) is 23.6. The maximum Gasteiger partial charge on any atom is 0.247 e. The van der Waals surface area contributed by atoms with Crippen LogP contribution in [0.25, 0.3) is 22.8 Å². The molecule has 168 valence electrons. The normalized spacial score (nSPS) is 24.7. The van der Waals surface area contributed by atoms with Crippen molar-refractivity contribution < 1.29 is 13.2 Å². The number of hydrogen-bond donors (Lipinski definition) is 0. The van der Waals surface area contributed by atoms with Crippen LogP contribution >= 0.6 is 0 Å². The number of oxazole rings is 1. The quantitative estimate of drug-likeness (QED) is 0.436. The molecule has 1 aromatic carbocycles. The number of halogens is 2. The van der Waals surface area contributed by atoms with Crippen molar-refractivity contribution in [2.45, 2.75) is 31.6 Å². The van der Waals surface area contributed by atoms with E-state index in [0.29, 0.717) is 23.2 Å². The fourth-order valence-corrected chi connectivity index (χ4v) is 5.30. The number of hydrogen-bond acceptors (Lipinski definition) is 7. The highest BCUT2D eigenvalue weighted by molar-refractivity contribution is 5.63. The molecule has 0 N–H and O–H groups in total. The third-order valence-corrected chi connectivity index (χ3v) is 7.17. The standard InChI is InChI=1S/C25H18F2N6O/c1-12-15-7-25(2,20-10-29-9-19(31-20)24-30-13(8-28)11-34-24)23-14(21(12)15)6-18(32-33-23)22-16(26)4-3-5-17(22)27/h3-6,9-12,15,21H,7H2,1-2H3/t12?,15?,21-,25-/m1/s1. The van der Waals surface area contributed by atoms with E-state index in [9.17, 15) is 8.78 Å². The predicted molar refractivity (Wildman–Crippen MR) is 116 cm³/mol. The third kappa shape index (κ3) is 2.95. The highest BCUT2D eigenvalue weighted by Crippen LogP contribution is 2.64. The molecule has 9 heteroatoms. The van der Waals surface area contributed by atoms with E-state index < -0.39 is 17.0 Å². The summed E-state index contributed by atoms with van der Waals surface area (Å²) >= 11 is 0. The van der Waals surface area contributed by atoms with Gasteiger partial charge in [-0.05, 0) is 54.9 Å². The van der Waals surface area contributed by atoms with Gasteiger partial charge in [0.25, 0.3) is 0 Å². The maximum atomic E-state index is 14.4. The first kappa shape index (κ1) is 20.5. The Labute approximate surface area is 193 Å². The number of benzene rings is 1. The molecule has 2 unspecified atom stereocenters. The van der Waals surface area contributed by atoms with Gasteiger partial charge in [-0.1, -0.05) is 13.0 Å². The summed E-state index contributed by atoms with van der Waals surface area (Å²) in [6.07, 6.45) is 5.27. The van der Waals surface area contributed by atoms with Gasteiger partial charge in [0.05, 0.1) is 34.3 Å². The fourth-order valence-electron chi connectivity index (χ4n) is 5.30. The molecule has 3 heterocycles. The second kappa shape index (κ2) is 7.22. The summed E-state index contributed by atoms with van der Waals surface area (Å²) in [5, 5.41) is 17.8. The minimum atomic E-state index is -0.672. The van der Waals surface area contributed by atoms with Gasteiger partial charge in [0.15, 0.2) is 5.69 Å². The Morgan fingerprint density at radius 3 is 2.65 bits per heavy atom. The summed E-state index contributed by atoms with van der Waals surface area (Å²) < 4.78 is 34.3. The highest BCUT2D eigenvalue weighted by atomic mass is 19.1. The number of aromatic nitrogens is 5. The lowest BCUT2D eigenvalue weighted by atomic mass is 9.72. The molecule has 6 rings (SSSR count). The van der Waals surface area contributed by atoms with Crippen molar-refractivity contribution >= 4 is 0 Å². The van der Waals surface area contributed by atoms with Crippen LogP contribution in [0.3, 0.4) is 0 Å². The van der Waals surface area contributed by atoms with Crippen LogP contribution in [-0.4, -0.2) is 25.1 Å². The highest BCUT2D eigenvalue weighted by Gasteiger charge is 2.58. The number of fused-ring (bicyclic) bond motifs is 3. The molecule has 0 bridgehead atoms. The molecule has 3 aromatic heterocycles. The molecule has 0 spiro atoms. The van der Waals surface area contributed by atoms with Gasteiger partial charge in [0, 0.05) is 6.20 Å². The molecule has 1 fully saturated rings. The smallest absolute Gasteiger partial charge is 0.247 e. The monoisotopic (exact) mass is 456 g/mol. The molecule has 2 aliphatic rings. The van der Waals surface area contributed by atoms with Crippen LogP contribution in [0.5, 0.6) is 0 Å². The van der Waals surface area contributed by atoms with Gasteiger partial charge in [-0.25, -0.2) is 13.8 Å². The van der Waals surface area contributed by atoms with E-state index in [0.717, 1.165) is 17.7 Å². The Kier molecular flexibility index (Phi) is 4.36. The molecule has 0 aliphatic heterocycles. The summed E-state index contributed by atoms with van der Waals surface area (Å²) in [5.74, 6) is -0.0848. The summed E-state index contributed by atoms with van der Waals surface area (Å²) in [6, 6.07) is 7.46. The van der Waals surface area contributed by atoms with Gasteiger partial charge in [0.1, 0.15) is 29.7 Å². The molecule has 0 amide bonds. The third-order valence-electron chi connectivity index (χ3n) is 7.17. The maximum absolute atomic E-state index is 14.4. The van der Waals surface area contributed by atoms with Crippen LogP contribution in [0.4, 0.5) is 8.78 Å². The van der Waals surface area contributed by atoms with Gasteiger partial charge in [-0.15, -0.1) is 5.10 Å². The predicted octanol–water partition coefficient (Wildman–Crippen LogP) is 4.80. The summed E-state index contributed by atoms with van der Waals surface area (Å²) in [4.78, 5) is 13.2. The Morgan fingerprint density at radius 2 is 1.91 bits per heavy atom. The molecule has 7 nitrogen and oxygen atoms in total. The SMILES string of the molecule is CC1C2C[C@](C)(c3cncc(-c4nc(C#N)co4)n3)c3nnc(-c4c(F)cccc4F)cc3[C@@H]12. The van der Waals surface area contributed by atoms with E-state index in [2.05, 4.69) is 27.1 Å². The summed E-state index contributed by atoms with van der Waals surface area (Å²) in [5.41, 5.74) is 2.29. The zero-order valence-corrected chi connectivity index (χ0v) is 18.3. The lowest BCUT2D eigenvalue weighted by Crippen LogP contribution is -2.32. The lowest BCUT2D eigenvalue weighted by Gasteiger charge is -2.33. The number of rotatable bonds is 3. The van der Waals surface area contributed by atoms with Gasteiger partial charge in [-0.3, -0.25) is 4.98 Å². The second-order valence-corrected chi connectivity index (χ2v) is 9.15. The van der Waals surface area contributed by atoms with Gasteiger partial charge in [0.2, 0.25) is 5.89 Å². The number of nitriles is 1. The van der Waals surface area contributed by atoms with Crippen molar-refractivity contribution in [2.24, 2.45) is 11.8 Å². The Morgan fingerprint density at radius 1 is 1.12 bits per heavy atom. The summed E-state index contributed by atoms with van der Waals surface area (Å²) in [7, 11) is 0. The van der Waals surface area contributed by atoms with Crippen molar-refractivity contribution in [3.05, 3.63) is 77.2 Å². The molecule has 0 saturated heterocycles. The summed E-state index contributed by atoms with van der Waals surface area (Å²) in [6.45, 7) is 4.21. The van der Waals surface area contributed by atoms with E-state index in [1.54, 1.807) is 12.3 Å². The Hall–Kier alpha value is -4.06. The van der Waals surface area contributed by atoms with Crippen LogP contribution < -0.4 is 0 Å². The second-order valence-electron chi connectivity index (χ2n) is 9.15. The minimum absolute atomic E-state index is 0.157. The first-order valence-corrected chi connectivity index (χ1v) is 10.9.